The second-order valence-electron chi connectivity index (χ2n) is 5.35. The summed E-state index contributed by atoms with van der Waals surface area (Å²) in [6.45, 7) is 6.19. The molecule has 1 atom stereocenters. The zero-order valence-corrected chi connectivity index (χ0v) is 12.8. The first kappa shape index (κ1) is 15.0. The third-order valence-electron chi connectivity index (χ3n) is 3.49. The van der Waals surface area contributed by atoms with E-state index in [1.54, 1.807) is 4.90 Å². The van der Waals surface area contributed by atoms with Crippen LogP contribution in [0.1, 0.15) is 49.6 Å². The maximum Gasteiger partial charge on any atom is 0.293 e. The number of nitrogens with zero attached hydrogens (tertiary/aromatic N) is 3. The highest BCUT2D eigenvalue weighted by atomic mass is 32.2. The number of H-pyrrole nitrogens is 1. The normalized spacial score (nSPS) is 21.3. The van der Waals surface area contributed by atoms with Gasteiger partial charge in [0.25, 0.3) is 5.91 Å². The molecule has 1 unspecified atom stereocenters. The Morgan fingerprint density at radius 1 is 1.50 bits per heavy atom. The topological polar surface area (TPSA) is 96.0 Å². The number of aromatic amines is 1. The molecule has 1 amide bonds. The molecular formula is C12H20N4O3S. The molecule has 1 aliphatic rings. The molecule has 1 aromatic rings. The maximum absolute atomic E-state index is 12.4. The largest absolute Gasteiger partial charge is 0.332 e. The number of hydrogen-bond acceptors (Lipinski definition) is 5. The van der Waals surface area contributed by atoms with Crippen molar-refractivity contribution in [3.63, 3.8) is 0 Å². The second kappa shape index (κ2) is 5.51. The van der Waals surface area contributed by atoms with Crippen LogP contribution in [0.5, 0.6) is 0 Å². The minimum absolute atomic E-state index is 0.0358. The first-order valence-corrected chi connectivity index (χ1v) is 8.60. The van der Waals surface area contributed by atoms with Gasteiger partial charge in [-0.05, 0) is 13.3 Å². The van der Waals surface area contributed by atoms with Crippen LogP contribution in [0.2, 0.25) is 0 Å². The lowest BCUT2D eigenvalue weighted by atomic mass is 10.2. The van der Waals surface area contributed by atoms with Crippen molar-refractivity contribution in [2.75, 3.05) is 18.1 Å². The smallest absolute Gasteiger partial charge is 0.293 e. The first-order valence-electron chi connectivity index (χ1n) is 6.77. The van der Waals surface area contributed by atoms with E-state index in [0.717, 1.165) is 0 Å². The Labute approximate surface area is 118 Å². The number of nitrogens with one attached hydrogen (secondary N) is 1. The van der Waals surface area contributed by atoms with Gasteiger partial charge in [-0.1, -0.05) is 13.8 Å². The van der Waals surface area contributed by atoms with Crippen LogP contribution >= 0.6 is 0 Å². The molecule has 20 heavy (non-hydrogen) atoms. The number of carbonyl (C=O) groups excluding carboxylic acids is 1. The summed E-state index contributed by atoms with van der Waals surface area (Å²) in [6, 6.07) is -0.265. The lowest BCUT2D eigenvalue weighted by Crippen LogP contribution is -2.41. The summed E-state index contributed by atoms with van der Waals surface area (Å²) in [6.07, 6.45) is 0.489. The molecule has 1 aromatic heterocycles. The van der Waals surface area contributed by atoms with Crippen molar-refractivity contribution >= 4 is 15.7 Å². The van der Waals surface area contributed by atoms with Crippen molar-refractivity contribution in [2.45, 2.75) is 39.2 Å². The minimum atomic E-state index is -3.02. The van der Waals surface area contributed by atoms with Crippen molar-refractivity contribution < 1.29 is 13.2 Å². The number of hydrogen-bond donors (Lipinski definition) is 1. The molecule has 2 rings (SSSR count). The van der Waals surface area contributed by atoms with Crippen molar-refractivity contribution in [3.8, 4) is 0 Å². The van der Waals surface area contributed by atoms with Crippen LogP contribution in [-0.2, 0) is 9.84 Å². The molecule has 1 fully saturated rings. The van der Waals surface area contributed by atoms with Crippen LogP contribution in [0.15, 0.2) is 0 Å². The molecule has 1 aliphatic heterocycles. The Bertz CT molecular complexity index is 594. The Kier molecular flexibility index (Phi) is 4.12. The van der Waals surface area contributed by atoms with Gasteiger partial charge >= 0.3 is 0 Å². The molecule has 2 heterocycles. The van der Waals surface area contributed by atoms with Crippen LogP contribution in [0.3, 0.4) is 0 Å². The van der Waals surface area contributed by atoms with E-state index in [2.05, 4.69) is 15.2 Å². The molecule has 8 heteroatoms. The van der Waals surface area contributed by atoms with Gasteiger partial charge in [0, 0.05) is 18.5 Å². The van der Waals surface area contributed by atoms with Crippen molar-refractivity contribution in [3.05, 3.63) is 11.6 Å². The first-order chi connectivity index (χ1) is 9.34. The van der Waals surface area contributed by atoms with Crippen LogP contribution < -0.4 is 0 Å². The second-order valence-corrected chi connectivity index (χ2v) is 7.58. The molecular weight excluding hydrogens is 280 g/mol. The van der Waals surface area contributed by atoms with E-state index in [0.29, 0.717) is 18.8 Å². The zero-order chi connectivity index (χ0) is 14.9. The van der Waals surface area contributed by atoms with Crippen molar-refractivity contribution in [1.82, 2.24) is 20.1 Å². The van der Waals surface area contributed by atoms with Gasteiger partial charge in [-0.25, -0.2) is 13.4 Å². The summed E-state index contributed by atoms with van der Waals surface area (Å²) in [5.74, 6) is 0.799. The van der Waals surface area contributed by atoms with Crippen LogP contribution in [0.4, 0.5) is 0 Å². The standard InChI is InChI=1S/C12H20N4O3S/c1-4-16(9-5-6-20(18,19)7-9)12(17)11-13-10(8(2)3)14-15-11/h8-9H,4-7H2,1-3H3,(H,13,14,15). The average Bonchev–Trinajstić information content (AvgIpc) is 2.97. The van der Waals surface area contributed by atoms with Gasteiger partial charge < -0.3 is 4.90 Å². The fourth-order valence-electron chi connectivity index (χ4n) is 2.35. The Morgan fingerprint density at radius 3 is 2.65 bits per heavy atom. The molecule has 0 aliphatic carbocycles. The summed E-state index contributed by atoms with van der Waals surface area (Å²) in [7, 11) is -3.02. The lowest BCUT2D eigenvalue weighted by molar-refractivity contribution is 0.0696. The monoisotopic (exact) mass is 300 g/mol. The SMILES string of the molecule is CCN(C(=O)c1n[nH]c(C(C)C)n1)C1CCS(=O)(=O)C1. The van der Waals surface area contributed by atoms with Crippen LogP contribution in [-0.4, -0.2) is 58.5 Å². The molecule has 7 nitrogen and oxygen atoms in total. The molecule has 1 N–H and O–H groups in total. The quantitative estimate of drug-likeness (QED) is 0.877. The van der Waals surface area contributed by atoms with Gasteiger partial charge in [-0.3, -0.25) is 9.89 Å². The minimum Gasteiger partial charge on any atom is -0.332 e. The number of amides is 1. The van der Waals surface area contributed by atoms with E-state index in [-0.39, 0.29) is 35.2 Å². The number of aromatic nitrogens is 3. The Morgan fingerprint density at radius 2 is 2.20 bits per heavy atom. The molecule has 112 valence electrons. The van der Waals surface area contributed by atoms with Crippen molar-refractivity contribution in [1.29, 1.82) is 0 Å². The highest BCUT2D eigenvalue weighted by molar-refractivity contribution is 7.91. The fraction of sp³-hybridized carbons (Fsp3) is 0.750. The number of carbonyl (C=O) groups is 1. The molecule has 0 spiro atoms. The van der Waals surface area contributed by atoms with E-state index in [1.807, 2.05) is 20.8 Å². The number of sulfone groups is 1. The van der Waals surface area contributed by atoms with Gasteiger partial charge in [-0.2, -0.15) is 0 Å². The molecule has 0 bridgehead atoms. The highest BCUT2D eigenvalue weighted by Crippen LogP contribution is 2.19. The van der Waals surface area contributed by atoms with Gasteiger partial charge in [-0.15, -0.1) is 5.10 Å². The fourth-order valence-corrected chi connectivity index (χ4v) is 4.08. The highest BCUT2D eigenvalue weighted by Gasteiger charge is 2.35. The van der Waals surface area contributed by atoms with E-state index >= 15 is 0 Å². The maximum atomic E-state index is 12.4. The van der Waals surface area contributed by atoms with Crippen molar-refractivity contribution in [2.24, 2.45) is 0 Å². The van der Waals surface area contributed by atoms with E-state index in [4.69, 9.17) is 0 Å². The van der Waals surface area contributed by atoms with Crippen LogP contribution in [0.25, 0.3) is 0 Å². The molecule has 0 radical (unpaired) electrons. The van der Waals surface area contributed by atoms with Gasteiger partial charge in [0.05, 0.1) is 11.5 Å². The number of rotatable bonds is 4. The summed E-state index contributed by atoms with van der Waals surface area (Å²) in [4.78, 5) is 18.1. The summed E-state index contributed by atoms with van der Waals surface area (Å²) in [5.41, 5.74) is 0. The van der Waals surface area contributed by atoms with E-state index < -0.39 is 9.84 Å². The van der Waals surface area contributed by atoms with Gasteiger partial charge in [0.1, 0.15) is 5.82 Å². The van der Waals surface area contributed by atoms with Gasteiger partial charge in [0.15, 0.2) is 9.84 Å². The summed E-state index contributed by atoms with van der Waals surface area (Å²) in [5, 5.41) is 6.68. The Hall–Kier alpha value is -1.44. The Balaban J connectivity index is 2.16. The predicted molar refractivity (Wildman–Crippen MR) is 74.2 cm³/mol. The summed E-state index contributed by atoms with van der Waals surface area (Å²) < 4.78 is 23.1. The third-order valence-corrected chi connectivity index (χ3v) is 5.24. The third kappa shape index (κ3) is 3.00. The predicted octanol–water partition coefficient (Wildman–Crippen LogP) is 0.577. The van der Waals surface area contributed by atoms with Crippen LogP contribution in [0, 0.1) is 0 Å². The molecule has 1 saturated heterocycles. The summed E-state index contributed by atoms with van der Waals surface area (Å²) >= 11 is 0. The van der Waals surface area contributed by atoms with E-state index in [9.17, 15) is 13.2 Å². The molecule has 0 aromatic carbocycles. The molecule has 0 saturated carbocycles. The van der Waals surface area contributed by atoms with Gasteiger partial charge in [0.2, 0.25) is 5.82 Å². The zero-order valence-electron chi connectivity index (χ0n) is 12.0. The lowest BCUT2D eigenvalue weighted by Gasteiger charge is -2.25. The average molecular weight is 300 g/mol. The van der Waals surface area contributed by atoms with E-state index in [1.165, 1.54) is 0 Å².